The molecule has 102 valence electrons. The van der Waals surface area contributed by atoms with Crippen molar-refractivity contribution < 1.29 is 0 Å². The summed E-state index contributed by atoms with van der Waals surface area (Å²) >= 11 is 0. The highest BCUT2D eigenvalue weighted by Gasteiger charge is 2.19. The topological polar surface area (TPSA) is 31.1 Å². The van der Waals surface area contributed by atoms with Gasteiger partial charge in [-0.2, -0.15) is 0 Å². The summed E-state index contributed by atoms with van der Waals surface area (Å²) in [5.74, 6) is 0.809. The second-order valence-corrected chi connectivity index (χ2v) is 5.66. The summed E-state index contributed by atoms with van der Waals surface area (Å²) < 4.78 is 0. The number of para-hydroxylation sites is 1. The Labute approximate surface area is 115 Å². The van der Waals surface area contributed by atoms with Crippen LogP contribution in [0.5, 0.6) is 0 Å². The number of H-pyrrole nitrogens is 1. The fourth-order valence-electron chi connectivity index (χ4n) is 3.25. The van der Waals surface area contributed by atoms with Crippen LogP contribution in [0.1, 0.15) is 18.4 Å². The van der Waals surface area contributed by atoms with E-state index in [2.05, 4.69) is 52.7 Å². The van der Waals surface area contributed by atoms with Crippen molar-refractivity contribution in [3.63, 3.8) is 0 Å². The van der Waals surface area contributed by atoms with E-state index in [-0.39, 0.29) is 0 Å². The third-order valence-corrected chi connectivity index (χ3v) is 4.16. The molecule has 0 amide bonds. The van der Waals surface area contributed by atoms with E-state index in [4.69, 9.17) is 0 Å². The molecule has 0 saturated carbocycles. The average molecular weight is 257 g/mol. The highest BCUT2D eigenvalue weighted by molar-refractivity contribution is 5.82. The maximum atomic E-state index is 3.38. The zero-order valence-corrected chi connectivity index (χ0v) is 11.7. The smallest absolute Gasteiger partial charge is 0.0457 e. The van der Waals surface area contributed by atoms with E-state index in [0.29, 0.717) is 0 Å². The lowest BCUT2D eigenvalue weighted by Gasteiger charge is -2.32. The minimum atomic E-state index is 0.809. The van der Waals surface area contributed by atoms with Crippen molar-refractivity contribution in [3.8, 4) is 0 Å². The summed E-state index contributed by atoms with van der Waals surface area (Å²) in [5.41, 5.74) is 2.68. The van der Waals surface area contributed by atoms with Crippen LogP contribution in [0.25, 0.3) is 10.9 Å². The standard InChI is InChI=1S/C16H23N3/c1-17-9-13-5-4-8-19(11-13)12-14-10-18-16-7-3-2-6-15(14)16/h2-3,6-7,10,13,17-18H,4-5,8-9,11-12H2,1H3. The van der Waals surface area contributed by atoms with Crippen LogP contribution in [0, 0.1) is 5.92 Å². The summed E-state index contributed by atoms with van der Waals surface area (Å²) in [6.07, 6.45) is 4.87. The number of hydrogen-bond donors (Lipinski definition) is 2. The van der Waals surface area contributed by atoms with Gasteiger partial charge in [-0.25, -0.2) is 0 Å². The number of fused-ring (bicyclic) bond motifs is 1. The van der Waals surface area contributed by atoms with Crippen LogP contribution in [0.15, 0.2) is 30.5 Å². The molecular formula is C16H23N3. The van der Waals surface area contributed by atoms with Gasteiger partial charge in [-0.3, -0.25) is 4.90 Å². The van der Waals surface area contributed by atoms with Crippen molar-refractivity contribution in [2.75, 3.05) is 26.7 Å². The maximum absolute atomic E-state index is 3.38. The minimum Gasteiger partial charge on any atom is -0.361 e. The van der Waals surface area contributed by atoms with Crippen LogP contribution in [0.4, 0.5) is 0 Å². The number of aromatic nitrogens is 1. The van der Waals surface area contributed by atoms with Crippen LogP contribution in [0.2, 0.25) is 0 Å². The average Bonchev–Trinajstić information content (AvgIpc) is 2.83. The Morgan fingerprint density at radius 1 is 1.37 bits per heavy atom. The monoisotopic (exact) mass is 257 g/mol. The number of nitrogens with zero attached hydrogens (tertiary/aromatic N) is 1. The van der Waals surface area contributed by atoms with Crippen LogP contribution in [-0.2, 0) is 6.54 Å². The van der Waals surface area contributed by atoms with Crippen LogP contribution < -0.4 is 5.32 Å². The summed E-state index contributed by atoms with van der Waals surface area (Å²) in [7, 11) is 2.05. The van der Waals surface area contributed by atoms with Crippen LogP contribution in [-0.4, -0.2) is 36.6 Å². The fourth-order valence-corrected chi connectivity index (χ4v) is 3.25. The summed E-state index contributed by atoms with van der Waals surface area (Å²) in [5, 5.41) is 4.69. The summed E-state index contributed by atoms with van der Waals surface area (Å²) in [6, 6.07) is 8.58. The molecule has 1 aromatic carbocycles. The third kappa shape index (κ3) is 2.82. The number of likely N-dealkylation sites (tertiary alicyclic amines) is 1. The molecule has 2 heterocycles. The van der Waals surface area contributed by atoms with E-state index in [1.54, 1.807) is 0 Å². The second-order valence-electron chi connectivity index (χ2n) is 5.66. The van der Waals surface area contributed by atoms with E-state index in [0.717, 1.165) is 19.0 Å². The first-order valence-electron chi connectivity index (χ1n) is 7.29. The van der Waals surface area contributed by atoms with Crippen molar-refractivity contribution in [2.24, 2.45) is 5.92 Å². The lowest BCUT2D eigenvalue weighted by atomic mass is 9.97. The summed E-state index contributed by atoms with van der Waals surface area (Å²) in [4.78, 5) is 5.97. The molecule has 0 bridgehead atoms. The van der Waals surface area contributed by atoms with Gasteiger partial charge in [0.1, 0.15) is 0 Å². The largest absolute Gasteiger partial charge is 0.361 e. The highest BCUT2D eigenvalue weighted by Crippen LogP contribution is 2.22. The molecule has 1 atom stereocenters. The van der Waals surface area contributed by atoms with Crippen molar-refractivity contribution in [2.45, 2.75) is 19.4 Å². The Kier molecular flexibility index (Phi) is 3.85. The van der Waals surface area contributed by atoms with Crippen molar-refractivity contribution in [1.29, 1.82) is 0 Å². The molecule has 3 heteroatoms. The Morgan fingerprint density at radius 2 is 2.26 bits per heavy atom. The minimum absolute atomic E-state index is 0.809. The van der Waals surface area contributed by atoms with Gasteiger partial charge in [0.05, 0.1) is 0 Å². The lowest BCUT2D eigenvalue weighted by Crippen LogP contribution is -2.38. The van der Waals surface area contributed by atoms with Crippen molar-refractivity contribution in [1.82, 2.24) is 15.2 Å². The van der Waals surface area contributed by atoms with Gasteiger partial charge in [-0.15, -0.1) is 0 Å². The zero-order valence-electron chi connectivity index (χ0n) is 11.7. The first-order valence-corrected chi connectivity index (χ1v) is 7.29. The Bertz CT molecular complexity index is 530. The molecule has 19 heavy (non-hydrogen) atoms. The normalized spacial score (nSPS) is 21.0. The molecule has 2 aromatic rings. The number of nitrogens with one attached hydrogen (secondary N) is 2. The predicted molar refractivity (Wildman–Crippen MR) is 80.2 cm³/mol. The van der Waals surface area contributed by atoms with Gasteiger partial charge in [0, 0.05) is 30.2 Å². The first kappa shape index (κ1) is 12.7. The van der Waals surface area contributed by atoms with Gasteiger partial charge in [0.25, 0.3) is 0 Å². The van der Waals surface area contributed by atoms with Gasteiger partial charge in [-0.1, -0.05) is 18.2 Å². The van der Waals surface area contributed by atoms with Gasteiger partial charge in [0.2, 0.25) is 0 Å². The third-order valence-electron chi connectivity index (χ3n) is 4.16. The van der Waals surface area contributed by atoms with Gasteiger partial charge in [0.15, 0.2) is 0 Å². The molecule has 1 unspecified atom stereocenters. The van der Waals surface area contributed by atoms with Crippen LogP contribution in [0.3, 0.4) is 0 Å². The molecule has 0 radical (unpaired) electrons. The van der Waals surface area contributed by atoms with E-state index < -0.39 is 0 Å². The van der Waals surface area contributed by atoms with E-state index in [1.807, 2.05) is 0 Å². The van der Waals surface area contributed by atoms with Gasteiger partial charge >= 0.3 is 0 Å². The zero-order chi connectivity index (χ0) is 13.1. The van der Waals surface area contributed by atoms with Crippen LogP contribution >= 0.6 is 0 Å². The molecule has 1 aliphatic rings. The maximum Gasteiger partial charge on any atom is 0.0457 e. The molecule has 0 spiro atoms. The molecule has 1 saturated heterocycles. The first-order chi connectivity index (χ1) is 9.36. The lowest BCUT2D eigenvalue weighted by molar-refractivity contribution is 0.167. The number of benzene rings is 1. The molecule has 1 aliphatic heterocycles. The quantitative estimate of drug-likeness (QED) is 0.882. The second kappa shape index (κ2) is 5.76. The molecule has 3 rings (SSSR count). The molecular weight excluding hydrogens is 234 g/mol. The number of rotatable bonds is 4. The van der Waals surface area contributed by atoms with Gasteiger partial charge in [-0.05, 0) is 50.5 Å². The number of aromatic amines is 1. The van der Waals surface area contributed by atoms with Crippen molar-refractivity contribution in [3.05, 3.63) is 36.0 Å². The number of piperidine rings is 1. The molecule has 0 aliphatic carbocycles. The molecule has 1 aromatic heterocycles. The Morgan fingerprint density at radius 3 is 3.16 bits per heavy atom. The Hall–Kier alpha value is -1.32. The van der Waals surface area contributed by atoms with E-state index in [9.17, 15) is 0 Å². The van der Waals surface area contributed by atoms with Gasteiger partial charge < -0.3 is 10.3 Å². The predicted octanol–water partition coefficient (Wildman–Crippen LogP) is 2.60. The number of hydrogen-bond acceptors (Lipinski definition) is 2. The fraction of sp³-hybridized carbons (Fsp3) is 0.500. The summed E-state index contributed by atoms with van der Waals surface area (Å²) in [6.45, 7) is 4.68. The highest BCUT2D eigenvalue weighted by atomic mass is 15.1. The molecule has 1 fully saturated rings. The SMILES string of the molecule is CNCC1CCCN(Cc2c[nH]c3ccccc23)C1. The molecule has 2 N–H and O–H groups in total. The van der Waals surface area contributed by atoms with Crippen molar-refractivity contribution >= 4 is 10.9 Å². The Balaban J connectivity index is 1.70. The molecule has 3 nitrogen and oxygen atoms in total. The van der Waals surface area contributed by atoms with E-state index in [1.165, 1.54) is 42.4 Å². The van der Waals surface area contributed by atoms with E-state index >= 15 is 0 Å².